The largest absolute Gasteiger partial charge is 0.347 e. The van der Waals surface area contributed by atoms with Crippen molar-refractivity contribution in [3.8, 4) is 0 Å². The van der Waals surface area contributed by atoms with Gasteiger partial charge in [0.1, 0.15) is 6.33 Å². The molecule has 22 heavy (non-hydrogen) atoms. The summed E-state index contributed by atoms with van der Waals surface area (Å²) in [4.78, 5) is 40.3. The van der Waals surface area contributed by atoms with Crippen molar-refractivity contribution in [3.05, 3.63) is 32.9 Å². The van der Waals surface area contributed by atoms with Crippen LogP contribution in [-0.4, -0.2) is 35.0 Å². The Morgan fingerprint density at radius 1 is 1.27 bits per heavy atom. The molecule has 0 unspecified atom stereocenters. The van der Waals surface area contributed by atoms with Crippen LogP contribution in [0.4, 0.5) is 5.95 Å². The van der Waals surface area contributed by atoms with Crippen molar-refractivity contribution in [2.75, 3.05) is 5.32 Å². The fourth-order valence-electron chi connectivity index (χ4n) is 1.85. The van der Waals surface area contributed by atoms with Gasteiger partial charge in [-0.05, 0) is 6.42 Å². The van der Waals surface area contributed by atoms with E-state index in [1.165, 1.54) is 18.1 Å². The van der Waals surface area contributed by atoms with Crippen LogP contribution < -0.4 is 16.6 Å². The Morgan fingerprint density at radius 2 is 2.00 bits per heavy atom. The summed E-state index contributed by atoms with van der Waals surface area (Å²) < 4.78 is 3.33. The molecule has 0 aliphatic heterocycles. The van der Waals surface area contributed by atoms with Crippen molar-refractivity contribution in [1.29, 1.82) is 0 Å². The van der Waals surface area contributed by atoms with Crippen LogP contribution in [0.3, 0.4) is 0 Å². The number of carbonyl (C=O) groups excluding carboxylic acids is 1. The summed E-state index contributed by atoms with van der Waals surface area (Å²) in [5.74, 6) is -0.554. The van der Waals surface area contributed by atoms with Gasteiger partial charge in [-0.2, -0.15) is 15.2 Å². The fraction of sp³-hybridized carbons (Fsp3) is 0.500. The molecule has 1 N–H and O–H groups in total. The van der Waals surface area contributed by atoms with Gasteiger partial charge in [-0.1, -0.05) is 13.3 Å². The predicted molar refractivity (Wildman–Crippen MR) is 77.6 cm³/mol. The second-order valence-corrected chi connectivity index (χ2v) is 4.73. The highest BCUT2D eigenvalue weighted by Gasteiger charge is 2.19. The average molecular weight is 307 g/mol. The quantitative estimate of drug-likeness (QED) is 0.767. The molecule has 0 aromatic carbocycles. The number of anilines is 1. The third kappa shape index (κ3) is 2.95. The highest BCUT2D eigenvalue weighted by atomic mass is 16.2. The summed E-state index contributed by atoms with van der Waals surface area (Å²) in [5.41, 5.74) is -1.62. The number of rotatable bonds is 5. The topological polar surface area (TPSA) is 117 Å². The van der Waals surface area contributed by atoms with Gasteiger partial charge in [0.2, 0.25) is 11.6 Å². The Morgan fingerprint density at radius 3 is 2.59 bits per heavy atom. The predicted octanol–water partition coefficient (Wildman–Crippen LogP) is -0.877. The number of aromatic nitrogens is 6. The minimum atomic E-state index is -0.734. The Kier molecular flexibility index (Phi) is 4.49. The first kappa shape index (κ1) is 15.6. The van der Waals surface area contributed by atoms with E-state index in [1.807, 2.05) is 6.92 Å². The molecule has 10 nitrogen and oxygen atoms in total. The van der Waals surface area contributed by atoms with Gasteiger partial charge in [-0.25, -0.2) is 14.2 Å². The standard InChI is InChI=1S/C12H17N7O3/c1-4-5-6-19-10(21)8(16-18(3)12(19)22)9(20)15-11-13-7-14-17(11)2/h7H,4-6H2,1-3H3,(H,13,14,15,20). The van der Waals surface area contributed by atoms with E-state index in [-0.39, 0.29) is 18.2 Å². The molecular weight excluding hydrogens is 290 g/mol. The number of hydrogen-bond acceptors (Lipinski definition) is 6. The molecule has 1 amide bonds. The molecule has 2 aromatic rings. The summed E-state index contributed by atoms with van der Waals surface area (Å²) in [6, 6.07) is 0. The van der Waals surface area contributed by atoms with Gasteiger partial charge in [0.25, 0.3) is 11.5 Å². The van der Waals surface area contributed by atoms with E-state index in [4.69, 9.17) is 0 Å². The van der Waals surface area contributed by atoms with Crippen LogP contribution in [0.2, 0.25) is 0 Å². The van der Waals surface area contributed by atoms with E-state index in [9.17, 15) is 14.4 Å². The van der Waals surface area contributed by atoms with Crippen molar-refractivity contribution >= 4 is 11.9 Å². The van der Waals surface area contributed by atoms with Gasteiger partial charge < -0.3 is 0 Å². The number of nitrogens with zero attached hydrogens (tertiary/aromatic N) is 6. The zero-order valence-electron chi connectivity index (χ0n) is 12.6. The van der Waals surface area contributed by atoms with Crippen LogP contribution >= 0.6 is 0 Å². The normalized spacial score (nSPS) is 10.7. The molecule has 0 spiro atoms. The molecule has 2 rings (SSSR count). The summed E-state index contributed by atoms with van der Waals surface area (Å²) >= 11 is 0. The monoisotopic (exact) mass is 307 g/mol. The maximum atomic E-state index is 12.3. The van der Waals surface area contributed by atoms with Crippen LogP contribution in [0.15, 0.2) is 15.9 Å². The third-order valence-corrected chi connectivity index (χ3v) is 3.09. The number of hydrogen-bond donors (Lipinski definition) is 1. The third-order valence-electron chi connectivity index (χ3n) is 3.09. The lowest BCUT2D eigenvalue weighted by Crippen LogP contribution is -2.44. The van der Waals surface area contributed by atoms with Gasteiger partial charge in [-0.3, -0.25) is 19.5 Å². The first-order valence-electron chi connectivity index (χ1n) is 6.79. The molecule has 0 saturated carbocycles. The van der Waals surface area contributed by atoms with Gasteiger partial charge in [0.15, 0.2) is 0 Å². The van der Waals surface area contributed by atoms with E-state index < -0.39 is 17.2 Å². The molecule has 0 saturated heterocycles. The van der Waals surface area contributed by atoms with E-state index in [0.717, 1.165) is 15.7 Å². The summed E-state index contributed by atoms with van der Waals surface area (Å²) in [7, 11) is 2.99. The van der Waals surface area contributed by atoms with E-state index in [2.05, 4.69) is 20.5 Å². The number of nitrogens with one attached hydrogen (secondary N) is 1. The molecule has 10 heteroatoms. The van der Waals surface area contributed by atoms with Crippen LogP contribution in [0.1, 0.15) is 30.3 Å². The minimum absolute atomic E-state index is 0.181. The average Bonchev–Trinajstić information content (AvgIpc) is 2.88. The number of amides is 1. The minimum Gasteiger partial charge on any atom is -0.289 e. The SMILES string of the molecule is CCCCn1c(=O)c(C(=O)Nc2ncnn2C)nn(C)c1=O. The highest BCUT2D eigenvalue weighted by Crippen LogP contribution is 1.99. The van der Waals surface area contributed by atoms with Gasteiger partial charge >= 0.3 is 5.69 Å². The van der Waals surface area contributed by atoms with Crippen molar-refractivity contribution in [2.45, 2.75) is 26.3 Å². The highest BCUT2D eigenvalue weighted by molar-refractivity contribution is 6.01. The van der Waals surface area contributed by atoms with Crippen molar-refractivity contribution in [3.63, 3.8) is 0 Å². The Labute approximate surface area is 125 Å². The van der Waals surface area contributed by atoms with Crippen molar-refractivity contribution in [1.82, 2.24) is 29.1 Å². The van der Waals surface area contributed by atoms with Gasteiger partial charge in [0, 0.05) is 20.6 Å². The molecule has 0 radical (unpaired) electrons. The van der Waals surface area contributed by atoms with E-state index in [0.29, 0.717) is 6.42 Å². The summed E-state index contributed by atoms with van der Waals surface area (Å²) in [5, 5.41) is 10.00. The molecule has 0 aliphatic rings. The van der Waals surface area contributed by atoms with Crippen LogP contribution in [0.25, 0.3) is 0 Å². The summed E-state index contributed by atoms with van der Waals surface area (Å²) in [6.07, 6.45) is 2.74. The van der Waals surface area contributed by atoms with Crippen molar-refractivity contribution in [2.24, 2.45) is 14.1 Å². The number of carbonyl (C=O) groups is 1. The molecule has 0 aliphatic carbocycles. The Hall–Kier alpha value is -2.78. The lowest BCUT2D eigenvalue weighted by Gasteiger charge is -2.08. The van der Waals surface area contributed by atoms with E-state index >= 15 is 0 Å². The van der Waals surface area contributed by atoms with Crippen LogP contribution in [-0.2, 0) is 20.6 Å². The second kappa shape index (κ2) is 6.33. The smallest absolute Gasteiger partial charge is 0.289 e. The maximum Gasteiger partial charge on any atom is 0.347 e. The lowest BCUT2D eigenvalue weighted by atomic mass is 10.3. The first-order valence-corrected chi connectivity index (χ1v) is 6.79. The maximum absolute atomic E-state index is 12.3. The second-order valence-electron chi connectivity index (χ2n) is 4.73. The van der Waals surface area contributed by atoms with Crippen molar-refractivity contribution < 1.29 is 4.79 Å². The van der Waals surface area contributed by atoms with Gasteiger partial charge in [-0.15, -0.1) is 0 Å². The molecule has 2 aromatic heterocycles. The van der Waals surface area contributed by atoms with Crippen LogP contribution in [0, 0.1) is 0 Å². The Bertz CT molecular complexity index is 802. The lowest BCUT2D eigenvalue weighted by molar-refractivity contribution is 0.101. The fourth-order valence-corrected chi connectivity index (χ4v) is 1.85. The number of aryl methyl sites for hydroxylation is 2. The Balaban J connectivity index is 2.40. The van der Waals surface area contributed by atoms with Gasteiger partial charge in [0.05, 0.1) is 0 Å². The number of unbranched alkanes of at least 4 members (excludes halogenated alkanes) is 1. The summed E-state index contributed by atoms with van der Waals surface area (Å²) in [6.45, 7) is 2.19. The first-order chi connectivity index (χ1) is 10.5. The van der Waals surface area contributed by atoms with E-state index in [1.54, 1.807) is 7.05 Å². The molecule has 0 bridgehead atoms. The molecule has 0 atom stereocenters. The molecular formula is C12H17N7O3. The zero-order chi connectivity index (χ0) is 16.3. The van der Waals surface area contributed by atoms with Crippen LogP contribution in [0.5, 0.6) is 0 Å². The molecule has 0 fully saturated rings. The zero-order valence-corrected chi connectivity index (χ0v) is 12.6. The molecule has 118 valence electrons. The molecule has 2 heterocycles.